The maximum absolute atomic E-state index is 13.3. The molecule has 0 radical (unpaired) electrons. The number of imide groups is 1. The lowest BCUT2D eigenvalue weighted by Crippen LogP contribution is -2.31. The van der Waals surface area contributed by atoms with E-state index in [1.54, 1.807) is 66.7 Å². The van der Waals surface area contributed by atoms with Gasteiger partial charge in [-0.25, -0.2) is 4.90 Å². The molecule has 2 N–H and O–H groups in total. The summed E-state index contributed by atoms with van der Waals surface area (Å²) >= 11 is 1.27. The van der Waals surface area contributed by atoms with Crippen molar-refractivity contribution in [2.24, 2.45) is 0 Å². The van der Waals surface area contributed by atoms with Crippen LogP contribution in [0.15, 0.2) is 106 Å². The summed E-state index contributed by atoms with van der Waals surface area (Å²) in [5.74, 6) is -1.13. The predicted molar refractivity (Wildman–Crippen MR) is 158 cm³/mol. The van der Waals surface area contributed by atoms with Crippen LogP contribution in [0.1, 0.15) is 33.7 Å². The molecule has 1 aliphatic heterocycles. The Morgan fingerprint density at radius 2 is 1.73 bits per heavy atom. The number of rotatable bonds is 8. The van der Waals surface area contributed by atoms with Crippen molar-refractivity contribution in [1.82, 2.24) is 5.32 Å². The van der Waals surface area contributed by atoms with E-state index >= 15 is 0 Å². The number of nitrogens with one attached hydrogen (secondary N) is 2. The normalized spacial score (nSPS) is 15.2. The number of anilines is 2. The summed E-state index contributed by atoms with van der Waals surface area (Å²) in [4.78, 5) is 54.0. The van der Waals surface area contributed by atoms with E-state index in [0.29, 0.717) is 27.6 Å². The molecule has 1 unspecified atom stereocenters. The van der Waals surface area contributed by atoms with Gasteiger partial charge in [-0.2, -0.15) is 0 Å². The maximum atomic E-state index is 13.3. The summed E-state index contributed by atoms with van der Waals surface area (Å²) in [5.41, 5.74) is 3.51. The molecule has 41 heavy (non-hydrogen) atoms. The Balaban J connectivity index is 1.30. The van der Waals surface area contributed by atoms with E-state index in [1.165, 1.54) is 29.0 Å². The fraction of sp³-hybridized carbons (Fsp3) is 0.125. The van der Waals surface area contributed by atoms with Crippen molar-refractivity contribution in [3.05, 3.63) is 119 Å². The highest BCUT2D eigenvalue weighted by molar-refractivity contribution is 8.00. The van der Waals surface area contributed by atoms with Crippen LogP contribution in [0, 0.1) is 13.8 Å². The Labute approximate surface area is 241 Å². The van der Waals surface area contributed by atoms with E-state index in [4.69, 9.17) is 4.42 Å². The molecular formula is C32H27N3O5S. The molecule has 0 bridgehead atoms. The van der Waals surface area contributed by atoms with Gasteiger partial charge in [0, 0.05) is 28.6 Å². The molecule has 206 valence electrons. The van der Waals surface area contributed by atoms with Crippen LogP contribution in [0.25, 0.3) is 6.08 Å². The molecule has 2 heterocycles. The lowest BCUT2D eigenvalue weighted by Gasteiger charge is -2.16. The molecule has 8 nitrogen and oxygen atoms in total. The first-order chi connectivity index (χ1) is 19.8. The number of aryl methyl sites for hydroxylation is 2. The van der Waals surface area contributed by atoms with Crippen LogP contribution >= 0.6 is 11.8 Å². The number of amides is 4. The van der Waals surface area contributed by atoms with E-state index in [0.717, 1.165) is 11.1 Å². The van der Waals surface area contributed by atoms with Crippen molar-refractivity contribution in [3.63, 3.8) is 0 Å². The van der Waals surface area contributed by atoms with Gasteiger partial charge in [0.2, 0.25) is 11.8 Å². The zero-order valence-electron chi connectivity index (χ0n) is 22.4. The quantitative estimate of drug-likeness (QED) is 0.209. The number of carbonyl (C=O) groups excluding carboxylic acids is 4. The van der Waals surface area contributed by atoms with Crippen LogP contribution in [0.2, 0.25) is 0 Å². The molecule has 0 spiro atoms. The van der Waals surface area contributed by atoms with Gasteiger partial charge in [-0.05, 0) is 79.6 Å². The van der Waals surface area contributed by atoms with Gasteiger partial charge in [-0.3, -0.25) is 19.2 Å². The highest BCUT2D eigenvalue weighted by Gasteiger charge is 2.40. The molecule has 0 aliphatic carbocycles. The zero-order chi connectivity index (χ0) is 28.9. The van der Waals surface area contributed by atoms with Crippen LogP contribution in [0.3, 0.4) is 0 Å². The van der Waals surface area contributed by atoms with Crippen molar-refractivity contribution >= 4 is 52.8 Å². The van der Waals surface area contributed by atoms with Gasteiger partial charge in [0.05, 0.1) is 17.2 Å². The molecule has 1 aromatic heterocycles. The third-order valence-electron chi connectivity index (χ3n) is 6.58. The van der Waals surface area contributed by atoms with Crippen molar-refractivity contribution in [1.29, 1.82) is 0 Å². The van der Waals surface area contributed by atoms with Gasteiger partial charge in [0.25, 0.3) is 11.8 Å². The summed E-state index contributed by atoms with van der Waals surface area (Å²) in [7, 11) is 0. The summed E-state index contributed by atoms with van der Waals surface area (Å²) in [6, 6.07) is 24.4. The van der Waals surface area contributed by atoms with E-state index in [2.05, 4.69) is 10.6 Å². The Bertz CT molecular complexity index is 1650. The molecule has 4 aromatic rings. The van der Waals surface area contributed by atoms with Crippen LogP contribution < -0.4 is 15.5 Å². The molecule has 9 heteroatoms. The Morgan fingerprint density at radius 1 is 0.927 bits per heavy atom. The molecule has 1 aliphatic rings. The van der Waals surface area contributed by atoms with E-state index in [9.17, 15) is 19.2 Å². The van der Waals surface area contributed by atoms with Crippen molar-refractivity contribution in [2.45, 2.75) is 30.4 Å². The smallest absolute Gasteiger partial charge is 0.272 e. The summed E-state index contributed by atoms with van der Waals surface area (Å²) < 4.78 is 5.34. The minimum absolute atomic E-state index is 0.00698. The number of hydrogen-bond acceptors (Lipinski definition) is 6. The largest absolute Gasteiger partial charge is 0.465 e. The highest BCUT2D eigenvalue weighted by Crippen LogP contribution is 2.35. The highest BCUT2D eigenvalue weighted by atomic mass is 32.2. The second kappa shape index (κ2) is 12.1. The monoisotopic (exact) mass is 565 g/mol. The Kier molecular flexibility index (Phi) is 8.16. The topological polar surface area (TPSA) is 109 Å². The Morgan fingerprint density at radius 3 is 2.46 bits per heavy atom. The molecule has 3 aromatic carbocycles. The van der Waals surface area contributed by atoms with Crippen LogP contribution in [0.4, 0.5) is 11.4 Å². The number of thioether (sulfide) groups is 1. The van der Waals surface area contributed by atoms with Gasteiger partial charge in [0.15, 0.2) is 0 Å². The van der Waals surface area contributed by atoms with E-state index < -0.39 is 17.1 Å². The standard InChI is InChI=1S/C32H27N3O5S/c1-20-13-14-24(16-21(20)2)35-29(36)19-28(32(35)39)41-26-12-6-10-23(17-26)33-31(38)27(18-25-11-7-15-40-25)34-30(37)22-8-4-3-5-9-22/h3-18,28H,19H2,1-2H3,(H,33,38)(H,34,37)/b27-18-. The summed E-state index contributed by atoms with van der Waals surface area (Å²) in [6.45, 7) is 3.92. The Hall–Kier alpha value is -4.89. The second-order valence-electron chi connectivity index (χ2n) is 9.52. The van der Waals surface area contributed by atoms with Gasteiger partial charge >= 0.3 is 0 Å². The van der Waals surface area contributed by atoms with E-state index in [1.807, 2.05) is 32.0 Å². The van der Waals surface area contributed by atoms with Gasteiger partial charge in [-0.1, -0.05) is 30.3 Å². The number of hydrogen-bond donors (Lipinski definition) is 2. The van der Waals surface area contributed by atoms with Gasteiger partial charge < -0.3 is 15.1 Å². The summed E-state index contributed by atoms with van der Waals surface area (Å²) in [5, 5.41) is 4.88. The number of nitrogens with zero attached hydrogens (tertiary/aromatic N) is 1. The third kappa shape index (κ3) is 6.47. The first kappa shape index (κ1) is 27.7. The summed E-state index contributed by atoms with van der Waals surface area (Å²) in [6.07, 6.45) is 2.99. The fourth-order valence-electron chi connectivity index (χ4n) is 4.30. The lowest BCUT2D eigenvalue weighted by atomic mass is 10.1. The number of benzene rings is 3. The SMILES string of the molecule is Cc1ccc(N2C(=O)CC(Sc3cccc(NC(=O)/C(=C/c4ccco4)NC(=O)c4ccccc4)c3)C2=O)cc1C. The molecular weight excluding hydrogens is 538 g/mol. The lowest BCUT2D eigenvalue weighted by molar-refractivity contribution is -0.121. The van der Waals surface area contributed by atoms with Crippen LogP contribution in [-0.4, -0.2) is 28.9 Å². The third-order valence-corrected chi connectivity index (χ3v) is 7.76. The molecule has 1 saturated heterocycles. The second-order valence-corrected chi connectivity index (χ2v) is 10.8. The van der Waals surface area contributed by atoms with Gasteiger partial charge in [-0.15, -0.1) is 11.8 Å². The minimum Gasteiger partial charge on any atom is -0.465 e. The molecule has 4 amide bonds. The maximum Gasteiger partial charge on any atom is 0.272 e. The molecule has 1 atom stereocenters. The average Bonchev–Trinajstić information content (AvgIpc) is 3.57. The predicted octanol–water partition coefficient (Wildman–Crippen LogP) is 5.73. The minimum atomic E-state index is -0.588. The van der Waals surface area contributed by atoms with Crippen LogP contribution in [0.5, 0.6) is 0 Å². The number of carbonyl (C=O) groups is 4. The van der Waals surface area contributed by atoms with Crippen molar-refractivity contribution in [3.8, 4) is 0 Å². The molecule has 5 rings (SSSR count). The zero-order valence-corrected chi connectivity index (χ0v) is 23.2. The molecule has 0 saturated carbocycles. The van der Waals surface area contributed by atoms with Crippen LogP contribution in [-0.2, 0) is 14.4 Å². The fourth-order valence-corrected chi connectivity index (χ4v) is 5.41. The first-order valence-corrected chi connectivity index (χ1v) is 13.8. The molecule has 1 fully saturated rings. The average molecular weight is 566 g/mol. The van der Waals surface area contributed by atoms with Gasteiger partial charge in [0.1, 0.15) is 11.5 Å². The first-order valence-electron chi connectivity index (χ1n) is 12.9. The number of furan rings is 1. The van der Waals surface area contributed by atoms with E-state index in [-0.39, 0.29) is 23.9 Å². The van der Waals surface area contributed by atoms with Crippen molar-refractivity contribution in [2.75, 3.05) is 10.2 Å². The van der Waals surface area contributed by atoms with Crippen molar-refractivity contribution < 1.29 is 23.6 Å².